The molecule has 6 nitrogen and oxygen atoms in total. The van der Waals surface area contributed by atoms with Crippen molar-refractivity contribution < 1.29 is 9.90 Å². The average Bonchev–Trinajstić information content (AvgIpc) is 3.11. The molecule has 1 aromatic heterocycles. The molecule has 0 saturated heterocycles. The summed E-state index contributed by atoms with van der Waals surface area (Å²) in [4.78, 5) is 14.4. The van der Waals surface area contributed by atoms with Crippen molar-refractivity contribution in [3.05, 3.63) is 48.3 Å². The number of halogens is 1. The van der Waals surface area contributed by atoms with E-state index in [9.17, 15) is 9.90 Å². The summed E-state index contributed by atoms with van der Waals surface area (Å²) in [5, 5.41) is 14.1. The summed E-state index contributed by atoms with van der Waals surface area (Å²) in [6.07, 6.45) is 4.94. The van der Waals surface area contributed by atoms with Crippen LogP contribution in [0, 0.1) is 5.92 Å². The Bertz CT molecular complexity index is 692. The highest BCUT2D eigenvalue weighted by molar-refractivity contribution is 5.85. The molecule has 1 heterocycles. The number of amides is 1. The van der Waals surface area contributed by atoms with Crippen molar-refractivity contribution in [1.82, 2.24) is 14.7 Å². The number of carbonyl (C=O) groups excluding carboxylic acids is 1. The predicted molar refractivity (Wildman–Crippen MR) is 98.6 cm³/mol. The van der Waals surface area contributed by atoms with Crippen molar-refractivity contribution in [2.75, 3.05) is 7.05 Å². The maximum absolute atomic E-state index is 12.6. The van der Waals surface area contributed by atoms with Gasteiger partial charge in [0.2, 0.25) is 5.91 Å². The van der Waals surface area contributed by atoms with E-state index in [1.807, 2.05) is 43.6 Å². The Labute approximate surface area is 154 Å². The third-order valence-corrected chi connectivity index (χ3v) is 4.69. The van der Waals surface area contributed by atoms with Gasteiger partial charge < -0.3 is 15.7 Å². The molecule has 0 radical (unpaired) electrons. The Hall–Kier alpha value is -1.89. The highest BCUT2D eigenvalue weighted by Crippen LogP contribution is 2.25. The van der Waals surface area contributed by atoms with Crippen LogP contribution in [-0.4, -0.2) is 44.9 Å². The number of benzene rings is 1. The van der Waals surface area contributed by atoms with E-state index in [2.05, 4.69) is 5.10 Å². The summed E-state index contributed by atoms with van der Waals surface area (Å²) in [7, 11) is 1.81. The Morgan fingerprint density at radius 2 is 2.20 bits per heavy atom. The normalized spacial score (nSPS) is 22.9. The summed E-state index contributed by atoms with van der Waals surface area (Å²) in [6, 6.07) is 9.66. The van der Waals surface area contributed by atoms with Gasteiger partial charge in [-0.1, -0.05) is 12.1 Å². The molecule has 2 aromatic rings. The summed E-state index contributed by atoms with van der Waals surface area (Å²) < 4.78 is 1.80. The second-order valence-electron chi connectivity index (χ2n) is 6.56. The fraction of sp³-hybridized carbons (Fsp3) is 0.444. The van der Waals surface area contributed by atoms with E-state index in [0.29, 0.717) is 19.4 Å². The van der Waals surface area contributed by atoms with Crippen LogP contribution >= 0.6 is 12.4 Å². The molecule has 1 aromatic carbocycles. The van der Waals surface area contributed by atoms with Gasteiger partial charge in [-0.05, 0) is 43.0 Å². The topological polar surface area (TPSA) is 84.4 Å². The maximum atomic E-state index is 12.6. The predicted octanol–water partition coefficient (Wildman–Crippen LogP) is 1.74. The molecule has 1 aliphatic carbocycles. The minimum Gasteiger partial charge on any atom is -0.391 e. The Kier molecular flexibility index (Phi) is 6.58. The molecule has 3 rings (SSSR count). The van der Waals surface area contributed by atoms with Crippen LogP contribution in [0.1, 0.15) is 24.8 Å². The first-order chi connectivity index (χ1) is 11.5. The largest absolute Gasteiger partial charge is 0.391 e. The molecule has 0 bridgehead atoms. The van der Waals surface area contributed by atoms with Crippen LogP contribution in [-0.2, 0) is 11.3 Å². The number of carbonyl (C=O) groups is 1. The minimum atomic E-state index is -0.579. The number of aromatic nitrogens is 2. The van der Waals surface area contributed by atoms with Gasteiger partial charge in [0, 0.05) is 37.9 Å². The fourth-order valence-electron chi connectivity index (χ4n) is 3.28. The van der Waals surface area contributed by atoms with Crippen LogP contribution < -0.4 is 5.73 Å². The van der Waals surface area contributed by atoms with Gasteiger partial charge in [0.15, 0.2) is 0 Å². The van der Waals surface area contributed by atoms with Crippen LogP contribution in [0.15, 0.2) is 42.7 Å². The minimum absolute atomic E-state index is 0. The van der Waals surface area contributed by atoms with Gasteiger partial charge in [-0.25, -0.2) is 4.68 Å². The quantitative estimate of drug-likeness (QED) is 0.865. The number of aliphatic hydroxyl groups is 1. The Morgan fingerprint density at radius 3 is 2.88 bits per heavy atom. The first-order valence-corrected chi connectivity index (χ1v) is 8.32. The van der Waals surface area contributed by atoms with Crippen molar-refractivity contribution in [3.8, 4) is 5.69 Å². The monoisotopic (exact) mass is 364 g/mol. The lowest BCUT2D eigenvalue weighted by atomic mass is 9.83. The summed E-state index contributed by atoms with van der Waals surface area (Å²) >= 11 is 0. The van der Waals surface area contributed by atoms with E-state index < -0.39 is 6.10 Å². The number of rotatable bonds is 4. The Balaban J connectivity index is 0.00000225. The molecule has 1 saturated carbocycles. The number of nitrogens with zero attached hydrogens (tertiary/aromatic N) is 3. The van der Waals surface area contributed by atoms with Crippen LogP contribution in [0.3, 0.4) is 0 Å². The van der Waals surface area contributed by atoms with Crippen molar-refractivity contribution in [1.29, 1.82) is 0 Å². The molecule has 1 fully saturated rings. The molecule has 0 spiro atoms. The van der Waals surface area contributed by atoms with E-state index in [0.717, 1.165) is 17.7 Å². The van der Waals surface area contributed by atoms with Crippen molar-refractivity contribution in [2.45, 2.75) is 38.0 Å². The SMILES string of the molecule is CN(Cc1cccc(-n2cccn2)c1)C(=O)[C@H]1CC[C@@H](N)[C@H](O)C1.Cl. The number of nitrogens with two attached hydrogens (primary N) is 1. The van der Waals surface area contributed by atoms with Crippen molar-refractivity contribution >= 4 is 18.3 Å². The molecule has 0 aliphatic heterocycles. The van der Waals surface area contributed by atoms with Crippen LogP contribution in [0.25, 0.3) is 5.69 Å². The number of hydrogen-bond donors (Lipinski definition) is 2. The van der Waals surface area contributed by atoms with E-state index in [4.69, 9.17) is 5.73 Å². The van der Waals surface area contributed by atoms with Crippen LogP contribution in [0.5, 0.6) is 0 Å². The van der Waals surface area contributed by atoms with Crippen LogP contribution in [0.4, 0.5) is 0 Å². The van der Waals surface area contributed by atoms with Gasteiger partial charge in [0.1, 0.15) is 0 Å². The van der Waals surface area contributed by atoms with E-state index in [1.54, 1.807) is 15.8 Å². The highest BCUT2D eigenvalue weighted by Gasteiger charge is 2.32. The zero-order valence-electron chi connectivity index (χ0n) is 14.3. The summed E-state index contributed by atoms with van der Waals surface area (Å²) in [6.45, 7) is 0.534. The van der Waals surface area contributed by atoms with Crippen LogP contribution in [0.2, 0.25) is 0 Å². The van der Waals surface area contributed by atoms with Gasteiger partial charge in [-0.2, -0.15) is 5.10 Å². The molecule has 3 atom stereocenters. The third-order valence-electron chi connectivity index (χ3n) is 4.69. The van der Waals surface area contributed by atoms with Crippen molar-refractivity contribution in [3.63, 3.8) is 0 Å². The van der Waals surface area contributed by atoms with Crippen molar-refractivity contribution in [2.24, 2.45) is 11.7 Å². The highest BCUT2D eigenvalue weighted by atomic mass is 35.5. The van der Waals surface area contributed by atoms with Gasteiger partial charge in [0.05, 0.1) is 11.8 Å². The molecule has 1 aliphatic rings. The number of aliphatic hydroxyl groups excluding tert-OH is 1. The Morgan fingerprint density at radius 1 is 1.40 bits per heavy atom. The molecular formula is C18H25ClN4O2. The second kappa shape index (κ2) is 8.47. The molecule has 3 N–H and O–H groups in total. The zero-order valence-corrected chi connectivity index (χ0v) is 15.1. The lowest BCUT2D eigenvalue weighted by Crippen LogP contribution is -2.44. The fourth-order valence-corrected chi connectivity index (χ4v) is 3.28. The second-order valence-corrected chi connectivity index (χ2v) is 6.56. The molecule has 136 valence electrons. The lowest BCUT2D eigenvalue weighted by molar-refractivity contribution is -0.137. The van der Waals surface area contributed by atoms with Gasteiger partial charge in [-0.3, -0.25) is 4.79 Å². The standard InChI is InChI=1S/C18H24N4O2.ClH/c1-21(18(24)14-6-7-16(19)17(23)11-14)12-13-4-2-5-15(10-13)22-9-3-8-20-22;/h2-5,8-10,14,16-17,23H,6-7,11-12,19H2,1H3;1H/t14-,16+,17+;/m0./s1. The first kappa shape index (κ1) is 19.4. The lowest BCUT2D eigenvalue weighted by Gasteiger charge is -2.32. The first-order valence-electron chi connectivity index (χ1n) is 8.32. The molecule has 7 heteroatoms. The summed E-state index contributed by atoms with van der Waals surface area (Å²) in [5.41, 5.74) is 7.84. The van der Waals surface area contributed by atoms with E-state index >= 15 is 0 Å². The maximum Gasteiger partial charge on any atom is 0.225 e. The molecular weight excluding hydrogens is 340 g/mol. The smallest absolute Gasteiger partial charge is 0.225 e. The van der Waals surface area contributed by atoms with Gasteiger partial charge in [0.25, 0.3) is 0 Å². The van der Waals surface area contributed by atoms with Gasteiger partial charge in [-0.15, -0.1) is 12.4 Å². The molecule has 25 heavy (non-hydrogen) atoms. The average molecular weight is 365 g/mol. The van der Waals surface area contributed by atoms with Gasteiger partial charge >= 0.3 is 0 Å². The molecule has 1 amide bonds. The molecule has 0 unspecified atom stereocenters. The zero-order chi connectivity index (χ0) is 17.1. The number of hydrogen-bond acceptors (Lipinski definition) is 4. The third kappa shape index (κ3) is 4.60. The van der Waals surface area contributed by atoms with E-state index in [1.165, 1.54) is 0 Å². The summed E-state index contributed by atoms with van der Waals surface area (Å²) in [5.74, 6) is -0.0652. The van der Waals surface area contributed by atoms with E-state index in [-0.39, 0.29) is 30.3 Å².